The third-order valence-electron chi connectivity index (χ3n) is 7.01. The van der Waals surface area contributed by atoms with E-state index in [1.807, 2.05) is 6.07 Å². The SMILES string of the molecule is C[C@H]1COCCN1c1cc(C2(S(O)(O)c3ccccc3Cl)CC2)nc(-c2ccc(NC(=O)NCCF)cc2)n1. The molecule has 0 radical (unpaired) electrons. The molecule has 1 aliphatic carbocycles. The minimum Gasteiger partial charge on any atom is -0.377 e. The Kier molecular flexibility index (Phi) is 7.97. The maximum absolute atomic E-state index is 12.3. The van der Waals surface area contributed by atoms with Gasteiger partial charge in [0.1, 0.15) is 17.2 Å². The Morgan fingerprint density at radius 2 is 1.95 bits per heavy atom. The van der Waals surface area contributed by atoms with Crippen molar-refractivity contribution in [2.24, 2.45) is 0 Å². The van der Waals surface area contributed by atoms with E-state index >= 15 is 0 Å². The van der Waals surface area contributed by atoms with E-state index in [0.717, 1.165) is 0 Å². The molecule has 1 atom stereocenters. The van der Waals surface area contributed by atoms with Crippen LogP contribution in [0, 0.1) is 0 Å². The number of hydrogen-bond donors (Lipinski definition) is 4. The number of hydrogen-bond acceptors (Lipinski definition) is 7. The molecule has 1 aromatic heterocycles. The molecule has 2 heterocycles. The molecule has 39 heavy (non-hydrogen) atoms. The van der Waals surface area contributed by atoms with Crippen LogP contribution in [0.25, 0.3) is 11.4 Å². The smallest absolute Gasteiger partial charge is 0.319 e. The Labute approximate surface area is 233 Å². The summed E-state index contributed by atoms with van der Waals surface area (Å²) in [4.78, 5) is 24.1. The number of benzene rings is 2. The molecular formula is C27H31ClFN5O4S. The van der Waals surface area contributed by atoms with Gasteiger partial charge in [0.25, 0.3) is 0 Å². The lowest BCUT2D eigenvalue weighted by Gasteiger charge is -2.41. The normalized spacial score (nSPS) is 18.9. The second-order valence-corrected chi connectivity index (χ2v) is 12.4. The van der Waals surface area contributed by atoms with Gasteiger partial charge in [-0.05, 0) is 56.2 Å². The van der Waals surface area contributed by atoms with E-state index in [1.54, 1.807) is 48.5 Å². The van der Waals surface area contributed by atoms with Crippen LogP contribution in [-0.4, -0.2) is 64.1 Å². The first-order chi connectivity index (χ1) is 18.7. The Bertz CT molecular complexity index is 1340. The van der Waals surface area contributed by atoms with E-state index in [4.69, 9.17) is 26.3 Å². The number of carbonyl (C=O) groups is 1. The van der Waals surface area contributed by atoms with E-state index < -0.39 is 28.0 Å². The zero-order valence-electron chi connectivity index (χ0n) is 21.4. The van der Waals surface area contributed by atoms with Crippen molar-refractivity contribution in [2.45, 2.75) is 35.4 Å². The zero-order valence-corrected chi connectivity index (χ0v) is 23.0. The molecule has 2 amide bonds. The highest BCUT2D eigenvalue weighted by atomic mass is 35.5. The van der Waals surface area contributed by atoms with Crippen molar-refractivity contribution in [1.82, 2.24) is 15.3 Å². The highest BCUT2D eigenvalue weighted by Crippen LogP contribution is 2.75. The van der Waals surface area contributed by atoms with Gasteiger partial charge in [0.2, 0.25) is 0 Å². The number of aromatic nitrogens is 2. The summed E-state index contributed by atoms with van der Waals surface area (Å²) in [5.74, 6) is 1.11. The van der Waals surface area contributed by atoms with Crippen molar-refractivity contribution in [3.8, 4) is 11.4 Å². The second kappa shape index (κ2) is 11.3. The van der Waals surface area contributed by atoms with Gasteiger partial charge in [-0.2, -0.15) is 10.6 Å². The predicted molar refractivity (Wildman–Crippen MR) is 152 cm³/mol. The van der Waals surface area contributed by atoms with E-state index in [-0.39, 0.29) is 12.6 Å². The van der Waals surface area contributed by atoms with Crippen LogP contribution in [0.3, 0.4) is 0 Å². The minimum atomic E-state index is -3.35. The average Bonchev–Trinajstić information content (AvgIpc) is 3.76. The molecule has 2 aromatic carbocycles. The third-order valence-corrected chi connectivity index (χ3v) is 10.1. The lowest BCUT2D eigenvalue weighted by atomic mass is 10.1. The first-order valence-electron chi connectivity index (χ1n) is 12.7. The van der Waals surface area contributed by atoms with E-state index in [0.29, 0.717) is 71.1 Å². The van der Waals surface area contributed by atoms with Crippen molar-refractivity contribution in [3.05, 3.63) is 65.3 Å². The summed E-state index contributed by atoms with van der Waals surface area (Å²) in [5.41, 5.74) is 1.77. The van der Waals surface area contributed by atoms with Crippen LogP contribution < -0.4 is 15.5 Å². The van der Waals surface area contributed by atoms with E-state index in [1.165, 1.54) is 0 Å². The summed E-state index contributed by atoms with van der Waals surface area (Å²) in [5, 5.41) is 5.38. The summed E-state index contributed by atoms with van der Waals surface area (Å²) >= 11 is 6.40. The van der Waals surface area contributed by atoms with Gasteiger partial charge in [-0.3, -0.25) is 9.11 Å². The summed E-state index contributed by atoms with van der Waals surface area (Å²) in [6.45, 7) is 3.10. The number of nitrogens with zero attached hydrogens (tertiary/aromatic N) is 3. The summed E-state index contributed by atoms with van der Waals surface area (Å²) in [7, 11) is -3.35. The molecule has 1 aliphatic heterocycles. The second-order valence-electron chi connectivity index (χ2n) is 9.67. The fourth-order valence-corrected chi connectivity index (χ4v) is 7.29. The number of anilines is 2. The third kappa shape index (κ3) is 5.55. The van der Waals surface area contributed by atoms with Crippen molar-refractivity contribution < 1.29 is 23.0 Å². The van der Waals surface area contributed by atoms with Gasteiger partial charge >= 0.3 is 6.03 Å². The van der Waals surface area contributed by atoms with Crippen molar-refractivity contribution >= 4 is 39.7 Å². The molecule has 9 nitrogen and oxygen atoms in total. The van der Waals surface area contributed by atoms with Crippen LogP contribution in [0.1, 0.15) is 25.5 Å². The quantitative estimate of drug-likeness (QED) is 0.263. The Balaban J connectivity index is 1.53. The maximum atomic E-state index is 12.3. The number of rotatable bonds is 8. The molecule has 4 N–H and O–H groups in total. The molecule has 0 unspecified atom stereocenters. The molecular weight excluding hydrogens is 545 g/mol. The Morgan fingerprint density at radius 3 is 2.62 bits per heavy atom. The first-order valence-corrected chi connectivity index (χ1v) is 14.7. The molecule has 2 fully saturated rings. The Morgan fingerprint density at radius 1 is 1.21 bits per heavy atom. The lowest BCUT2D eigenvalue weighted by Crippen LogP contribution is -2.44. The molecule has 0 bridgehead atoms. The fraction of sp³-hybridized carbons (Fsp3) is 0.370. The Hall–Kier alpha value is -2.96. The van der Waals surface area contributed by atoms with Crippen molar-refractivity contribution in [2.75, 3.05) is 43.2 Å². The summed E-state index contributed by atoms with van der Waals surface area (Å²) in [6, 6.07) is 15.2. The molecule has 1 saturated heterocycles. The number of urea groups is 1. The molecule has 1 saturated carbocycles. The lowest BCUT2D eigenvalue weighted by molar-refractivity contribution is 0.0985. The number of morpholine rings is 1. The van der Waals surface area contributed by atoms with E-state index in [9.17, 15) is 18.3 Å². The van der Waals surface area contributed by atoms with Gasteiger partial charge in [-0.15, -0.1) is 0 Å². The average molecular weight is 576 g/mol. The molecule has 5 rings (SSSR count). The maximum Gasteiger partial charge on any atom is 0.319 e. The number of amides is 2. The topological polar surface area (TPSA) is 120 Å². The van der Waals surface area contributed by atoms with Gasteiger partial charge in [-0.1, -0.05) is 23.7 Å². The van der Waals surface area contributed by atoms with Crippen molar-refractivity contribution in [3.63, 3.8) is 0 Å². The summed E-state index contributed by atoms with van der Waals surface area (Å²) < 4.78 is 40.2. The number of ether oxygens (including phenoxy) is 1. The molecule has 12 heteroatoms. The molecule has 2 aliphatic rings. The number of alkyl halides is 1. The van der Waals surface area contributed by atoms with Gasteiger partial charge in [0.15, 0.2) is 5.82 Å². The van der Waals surface area contributed by atoms with Crippen LogP contribution >= 0.6 is 22.2 Å². The molecule has 0 spiro atoms. The summed E-state index contributed by atoms with van der Waals surface area (Å²) in [6.07, 6.45) is 1.10. The van der Waals surface area contributed by atoms with E-state index in [2.05, 4.69) is 22.5 Å². The fourth-order valence-electron chi connectivity index (χ4n) is 4.74. The van der Waals surface area contributed by atoms with Crippen molar-refractivity contribution in [1.29, 1.82) is 0 Å². The monoisotopic (exact) mass is 575 g/mol. The highest BCUT2D eigenvalue weighted by Gasteiger charge is 2.58. The van der Waals surface area contributed by atoms with Gasteiger partial charge in [0.05, 0.1) is 34.9 Å². The minimum absolute atomic E-state index is 0.0670. The number of carbonyl (C=O) groups excluding carboxylic acids is 1. The van der Waals surface area contributed by atoms with Gasteiger partial charge in [0, 0.05) is 30.4 Å². The highest BCUT2D eigenvalue weighted by molar-refractivity contribution is 8.25. The number of halogens is 2. The number of nitrogens with one attached hydrogen (secondary N) is 2. The largest absolute Gasteiger partial charge is 0.377 e. The molecule has 208 valence electrons. The van der Waals surface area contributed by atoms with Crippen LogP contribution in [0.2, 0.25) is 5.02 Å². The zero-order chi connectivity index (χ0) is 27.6. The predicted octanol–water partition coefficient (Wildman–Crippen LogP) is 5.91. The van der Waals surface area contributed by atoms with Crippen LogP contribution in [-0.2, 0) is 9.48 Å². The van der Waals surface area contributed by atoms with Crippen LogP contribution in [0.5, 0.6) is 0 Å². The standard InChI is InChI=1S/C27H31ClFN5O4S/c1-18-17-38-15-14-34(18)24-16-23(27(10-11-27)39(36,37)22-5-3-2-4-21(22)28)32-25(33-24)19-6-8-20(9-7-19)31-26(35)30-13-12-29/h2-9,16,18,36-37H,10-15,17H2,1H3,(H2,30,31,35)/t18-/m0/s1. The molecule has 3 aromatic rings. The first kappa shape index (κ1) is 27.6. The van der Waals surface area contributed by atoms with Crippen LogP contribution in [0.15, 0.2) is 59.5 Å². The van der Waals surface area contributed by atoms with Crippen LogP contribution in [0.4, 0.5) is 20.7 Å². The van der Waals surface area contributed by atoms with Gasteiger partial charge in [-0.25, -0.2) is 19.2 Å². The van der Waals surface area contributed by atoms with Gasteiger partial charge < -0.3 is 20.3 Å².